The van der Waals surface area contributed by atoms with Crippen molar-refractivity contribution in [2.24, 2.45) is 0 Å². The van der Waals surface area contributed by atoms with E-state index in [4.69, 9.17) is 9.15 Å². The molecule has 0 saturated heterocycles. The zero-order valence-corrected chi connectivity index (χ0v) is 14.6. The number of anilines is 1. The van der Waals surface area contributed by atoms with Gasteiger partial charge < -0.3 is 14.5 Å². The first-order valence-electron chi connectivity index (χ1n) is 8.33. The largest absolute Gasteiger partial charge is 0.463 e. The summed E-state index contributed by atoms with van der Waals surface area (Å²) < 4.78 is 10.5. The number of furan rings is 1. The van der Waals surface area contributed by atoms with Gasteiger partial charge in [-0.3, -0.25) is 4.79 Å². The van der Waals surface area contributed by atoms with Crippen LogP contribution in [0.4, 0.5) is 5.69 Å². The molecular formula is C21H19NO4. The first-order chi connectivity index (χ1) is 12.6. The molecule has 0 bridgehead atoms. The van der Waals surface area contributed by atoms with Crippen LogP contribution in [0.15, 0.2) is 59.0 Å². The molecular weight excluding hydrogens is 330 g/mol. The lowest BCUT2D eigenvalue weighted by molar-refractivity contribution is -0.137. The van der Waals surface area contributed by atoms with E-state index in [2.05, 4.69) is 5.32 Å². The number of rotatable bonds is 5. The van der Waals surface area contributed by atoms with Gasteiger partial charge in [-0.2, -0.15) is 0 Å². The summed E-state index contributed by atoms with van der Waals surface area (Å²) in [7, 11) is 0. The highest BCUT2D eigenvalue weighted by Gasteiger charge is 2.17. The number of hydrogen-bond donors (Lipinski definition) is 1. The highest BCUT2D eigenvalue weighted by atomic mass is 16.5. The van der Waals surface area contributed by atoms with Gasteiger partial charge in [-0.1, -0.05) is 30.3 Å². The van der Waals surface area contributed by atoms with Crippen LogP contribution in [-0.2, 0) is 9.53 Å². The molecule has 1 N–H and O–H groups in total. The van der Waals surface area contributed by atoms with Crippen molar-refractivity contribution in [3.63, 3.8) is 0 Å². The summed E-state index contributed by atoms with van der Waals surface area (Å²) in [6, 6.07) is 14.7. The van der Waals surface area contributed by atoms with Crippen molar-refractivity contribution < 1.29 is 18.7 Å². The number of para-hydroxylation sites is 1. The van der Waals surface area contributed by atoms with Crippen molar-refractivity contribution in [3.8, 4) is 0 Å². The Morgan fingerprint density at radius 2 is 1.85 bits per heavy atom. The fourth-order valence-electron chi connectivity index (χ4n) is 2.61. The van der Waals surface area contributed by atoms with E-state index in [0.29, 0.717) is 23.6 Å². The molecule has 0 atom stereocenters. The Kier molecular flexibility index (Phi) is 5.17. The second kappa shape index (κ2) is 7.70. The molecule has 5 nitrogen and oxygen atoms in total. The average Bonchev–Trinajstić information content (AvgIpc) is 2.99. The molecule has 0 aliphatic carbocycles. The van der Waals surface area contributed by atoms with E-state index < -0.39 is 0 Å². The lowest BCUT2D eigenvalue weighted by Gasteiger charge is -2.04. The average molecular weight is 349 g/mol. The van der Waals surface area contributed by atoms with Crippen LogP contribution in [0.5, 0.6) is 0 Å². The number of benzene rings is 2. The number of esters is 1. The molecule has 5 heteroatoms. The number of ether oxygens (including phenoxy) is 1. The molecule has 0 aliphatic heterocycles. The number of carbonyl (C=O) groups excluding carboxylic acids is 2. The summed E-state index contributed by atoms with van der Waals surface area (Å²) in [4.78, 5) is 23.8. The van der Waals surface area contributed by atoms with Gasteiger partial charge in [-0.15, -0.1) is 0 Å². The van der Waals surface area contributed by atoms with Gasteiger partial charge in [0.05, 0.1) is 6.61 Å². The lowest BCUT2D eigenvalue weighted by atomic mass is 10.1. The van der Waals surface area contributed by atoms with Crippen molar-refractivity contribution in [1.82, 2.24) is 0 Å². The van der Waals surface area contributed by atoms with Crippen LogP contribution in [0.1, 0.15) is 28.6 Å². The lowest BCUT2D eigenvalue weighted by Crippen LogP contribution is -2.12. The van der Waals surface area contributed by atoms with Crippen molar-refractivity contribution >= 4 is 34.6 Å². The smallest absolute Gasteiger partial charge is 0.330 e. The normalized spacial score (nSPS) is 11.0. The number of fused-ring (bicyclic) bond motifs is 1. The molecule has 0 fully saturated rings. The zero-order chi connectivity index (χ0) is 18.5. The Labute approximate surface area is 151 Å². The van der Waals surface area contributed by atoms with Gasteiger partial charge in [0.2, 0.25) is 0 Å². The summed E-state index contributed by atoms with van der Waals surface area (Å²) in [6.45, 7) is 3.96. The molecule has 2 aromatic carbocycles. The predicted octanol–water partition coefficient (Wildman–Crippen LogP) is 4.57. The van der Waals surface area contributed by atoms with Crippen LogP contribution in [0.3, 0.4) is 0 Å². The van der Waals surface area contributed by atoms with Crippen molar-refractivity contribution in [3.05, 3.63) is 71.5 Å². The maximum absolute atomic E-state index is 12.5. The number of aryl methyl sites for hydroxylation is 1. The minimum Gasteiger partial charge on any atom is -0.463 e. The quantitative estimate of drug-likeness (QED) is 0.541. The van der Waals surface area contributed by atoms with Gasteiger partial charge >= 0.3 is 5.97 Å². The third-order valence-corrected chi connectivity index (χ3v) is 3.92. The molecule has 26 heavy (non-hydrogen) atoms. The Bertz CT molecular complexity index is 967. The number of amides is 1. The van der Waals surface area contributed by atoms with E-state index in [1.54, 1.807) is 37.3 Å². The molecule has 0 radical (unpaired) electrons. The molecule has 1 aromatic heterocycles. The van der Waals surface area contributed by atoms with E-state index in [0.717, 1.165) is 16.5 Å². The van der Waals surface area contributed by atoms with Crippen LogP contribution in [0, 0.1) is 6.92 Å². The summed E-state index contributed by atoms with van der Waals surface area (Å²) in [5.41, 5.74) is 2.97. The summed E-state index contributed by atoms with van der Waals surface area (Å²) in [5.74, 6) is -0.378. The maximum Gasteiger partial charge on any atom is 0.330 e. The van der Waals surface area contributed by atoms with Crippen LogP contribution < -0.4 is 5.32 Å². The number of hydrogen-bond acceptors (Lipinski definition) is 4. The standard InChI is InChI=1S/C21H19NO4/c1-3-25-19(23)13-10-15-8-11-16(12-9-15)22-21(24)20-14(2)17-6-4-5-7-18(17)26-20/h4-13H,3H2,1-2H3,(H,22,24)/b13-10+. The summed E-state index contributed by atoms with van der Waals surface area (Å²) >= 11 is 0. The minimum absolute atomic E-state index is 0.298. The zero-order valence-electron chi connectivity index (χ0n) is 14.6. The van der Waals surface area contributed by atoms with Crippen LogP contribution in [-0.4, -0.2) is 18.5 Å². The van der Waals surface area contributed by atoms with Gasteiger partial charge in [0.1, 0.15) is 5.58 Å². The second-order valence-corrected chi connectivity index (χ2v) is 5.71. The fraction of sp³-hybridized carbons (Fsp3) is 0.143. The molecule has 3 rings (SSSR count). The highest BCUT2D eigenvalue weighted by Crippen LogP contribution is 2.25. The molecule has 1 amide bonds. The van der Waals surface area contributed by atoms with E-state index in [1.165, 1.54) is 6.08 Å². The van der Waals surface area contributed by atoms with Crippen molar-refractivity contribution in [2.45, 2.75) is 13.8 Å². The van der Waals surface area contributed by atoms with E-state index in [-0.39, 0.29) is 11.9 Å². The molecule has 0 saturated carbocycles. The summed E-state index contributed by atoms with van der Waals surface area (Å²) in [6.07, 6.45) is 3.03. The van der Waals surface area contributed by atoms with Crippen LogP contribution in [0.25, 0.3) is 17.0 Å². The van der Waals surface area contributed by atoms with Crippen LogP contribution in [0.2, 0.25) is 0 Å². The second-order valence-electron chi connectivity index (χ2n) is 5.71. The fourth-order valence-corrected chi connectivity index (χ4v) is 2.61. The Morgan fingerprint density at radius 1 is 1.12 bits per heavy atom. The first-order valence-corrected chi connectivity index (χ1v) is 8.33. The van der Waals surface area contributed by atoms with Crippen molar-refractivity contribution in [2.75, 3.05) is 11.9 Å². The number of nitrogens with one attached hydrogen (secondary N) is 1. The predicted molar refractivity (Wildman–Crippen MR) is 101 cm³/mol. The van der Waals surface area contributed by atoms with Gasteiger partial charge in [-0.25, -0.2) is 4.79 Å². The maximum atomic E-state index is 12.5. The SMILES string of the molecule is CCOC(=O)/C=C/c1ccc(NC(=O)c2oc3ccccc3c2C)cc1. The molecule has 1 heterocycles. The number of carbonyl (C=O) groups is 2. The molecule has 3 aromatic rings. The van der Waals surface area contributed by atoms with Crippen molar-refractivity contribution in [1.29, 1.82) is 0 Å². The van der Waals surface area contributed by atoms with E-state index in [9.17, 15) is 9.59 Å². The van der Waals surface area contributed by atoms with Crippen LogP contribution >= 0.6 is 0 Å². The Hall–Kier alpha value is -3.34. The summed E-state index contributed by atoms with van der Waals surface area (Å²) in [5, 5.41) is 3.75. The Morgan fingerprint density at radius 3 is 2.54 bits per heavy atom. The molecule has 132 valence electrons. The minimum atomic E-state index is -0.384. The first kappa shape index (κ1) is 17.5. The highest BCUT2D eigenvalue weighted by molar-refractivity contribution is 6.06. The van der Waals surface area contributed by atoms with Gasteiger partial charge in [0.25, 0.3) is 5.91 Å². The van der Waals surface area contributed by atoms with Gasteiger partial charge in [-0.05, 0) is 43.7 Å². The monoisotopic (exact) mass is 349 g/mol. The third-order valence-electron chi connectivity index (χ3n) is 3.92. The molecule has 0 spiro atoms. The van der Waals surface area contributed by atoms with E-state index in [1.807, 2.05) is 31.2 Å². The molecule has 0 unspecified atom stereocenters. The Balaban J connectivity index is 1.71. The third kappa shape index (κ3) is 3.83. The topological polar surface area (TPSA) is 68.5 Å². The van der Waals surface area contributed by atoms with Gasteiger partial charge in [0.15, 0.2) is 5.76 Å². The van der Waals surface area contributed by atoms with E-state index >= 15 is 0 Å². The van der Waals surface area contributed by atoms with Gasteiger partial charge in [0, 0.05) is 22.7 Å². The molecule has 0 aliphatic rings.